The summed E-state index contributed by atoms with van der Waals surface area (Å²) in [5, 5.41) is 10.7. The first-order valence-electron chi connectivity index (χ1n) is 11.7. The van der Waals surface area contributed by atoms with Gasteiger partial charge >= 0.3 is 0 Å². The number of allylic oxidation sites excluding steroid dienone is 5. The van der Waals surface area contributed by atoms with E-state index in [-0.39, 0.29) is 5.76 Å². The highest BCUT2D eigenvalue weighted by Crippen LogP contribution is 2.40. The number of ether oxygens (including phenoxy) is 1. The fourth-order valence-corrected chi connectivity index (χ4v) is 3.94. The molecule has 0 spiro atoms. The van der Waals surface area contributed by atoms with Crippen molar-refractivity contribution in [3.8, 4) is 5.75 Å². The zero-order valence-electron chi connectivity index (χ0n) is 20.9. The minimum Gasteiger partial charge on any atom is -0.508 e. The van der Waals surface area contributed by atoms with Gasteiger partial charge in [0.15, 0.2) is 5.60 Å². The molecule has 3 atom stereocenters. The van der Waals surface area contributed by atoms with E-state index >= 15 is 0 Å². The van der Waals surface area contributed by atoms with E-state index in [0.29, 0.717) is 11.8 Å². The van der Waals surface area contributed by atoms with Crippen molar-refractivity contribution in [1.82, 2.24) is 0 Å². The predicted octanol–water partition coefficient (Wildman–Crippen LogP) is 8.57. The number of hydrogen-bond donors (Lipinski definition) is 1. The summed E-state index contributed by atoms with van der Waals surface area (Å²) in [6.07, 6.45) is 17.4. The lowest BCUT2D eigenvalue weighted by Crippen LogP contribution is -2.35. The molecule has 0 radical (unpaired) electrons. The maximum absolute atomic E-state index is 10.7. The molecule has 2 heteroatoms. The molecule has 1 aliphatic heterocycles. The van der Waals surface area contributed by atoms with Crippen molar-refractivity contribution in [1.29, 1.82) is 0 Å². The van der Waals surface area contributed by atoms with Crippen LogP contribution in [0.25, 0.3) is 6.08 Å². The molecule has 1 aromatic carbocycles. The second-order valence-electron chi connectivity index (χ2n) is 9.86. The van der Waals surface area contributed by atoms with Crippen molar-refractivity contribution in [3.63, 3.8) is 0 Å². The monoisotopic (exact) mass is 422 g/mol. The number of aliphatic hydroxyl groups is 1. The Morgan fingerprint density at radius 1 is 1.10 bits per heavy atom. The minimum atomic E-state index is -0.813. The number of hydrogen-bond acceptors (Lipinski definition) is 2. The van der Waals surface area contributed by atoms with Crippen molar-refractivity contribution in [2.75, 3.05) is 0 Å². The average molecular weight is 423 g/mol. The quantitative estimate of drug-likeness (QED) is 0.404. The molecule has 170 valence electrons. The van der Waals surface area contributed by atoms with Gasteiger partial charge in [0.1, 0.15) is 11.5 Å². The van der Waals surface area contributed by atoms with Gasteiger partial charge in [-0.3, -0.25) is 0 Å². The van der Waals surface area contributed by atoms with Crippen LogP contribution in [-0.4, -0.2) is 10.7 Å². The van der Waals surface area contributed by atoms with Crippen LogP contribution in [0.15, 0.2) is 47.8 Å². The number of aliphatic hydroxyl groups excluding tert-OH is 1. The average Bonchev–Trinajstić information content (AvgIpc) is 2.67. The topological polar surface area (TPSA) is 29.5 Å². The number of rotatable bonds is 9. The van der Waals surface area contributed by atoms with Gasteiger partial charge in [0, 0.05) is 5.56 Å². The fourth-order valence-electron chi connectivity index (χ4n) is 3.94. The van der Waals surface area contributed by atoms with Gasteiger partial charge in [-0.1, -0.05) is 49.8 Å². The molecule has 0 aliphatic carbocycles. The summed E-state index contributed by atoms with van der Waals surface area (Å²) < 4.78 is 6.35. The Labute approximate surface area is 190 Å². The third-order valence-electron chi connectivity index (χ3n) is 6.29. The van der Waals surface area contributed by atoms with Crippen molar-refractivity contribution in [3.05, 3.63) is 70.0 Å². The van der Waals surface area contributed by atoms with Gasteiger partial charge in [-0.2, -0.15) is 0 Å². The number of benzene rings is 1. The highest BCUT2D eigenvalue weighted by atomic mass is 16.5. The van der Waals surface area contributed by atoms with Crippen molar-refractivity contribution in [2.24, 2.45) is 11.8 Å². The lowest BCUT2D eigenvalue weighted by atomic mass is 9.91. The van der Waals surface area contributed by atoms with Crippen LogP contribution >= 0.6 is 0 Å². The summed E-state index contributed by atoms with van der Waals surface area (Å²) >= 11 is 0. The SMILES string of the molecule is CC(C)=CCC[C@@H](C)C=CC[C@@H](C)CC=CC1(C)Oc2c(C)c(C)cc(C)c2C=C1O. The van der Waals surface area contributed by atoms with Gasteiger partial charge in [-0.25, -0.2) is 0 Å². The van der Waals surface area contributed by atoms with E-state index in [2.05, 4.69) is 78.8 Å². The second-order valence-corrected chi connectivity index (χ2v) is 9.86. The molecule has 0 amide bonds. The van der Waals surface area contributed by atoms with E-state index in [4.69, 9.17) is 4.74 Å². The van der Waals surface area contributed by atoms with Crippen molar-refractivity contribution < 1.29 is 9.84 Å². The maximum Gasteiger partial charge on any atom is 0.181 e. The van der Waals surface area contributed by atoms with Crippen LogP contribution in [0.1, 0.15) is 82.6 Å². The van der Waals surface area contributed by atoms with Gasteiger partial charge in [-0.05, 0) is 108 Å². The predicted molar refractivity (Wildman–Crippen MR) is 135 cm³/mol. The van der Waals surface area contributed by atoms with Crippen LogP contribution in [0.3, 0.4) is 0 Å². The smallest absolute Gasteiger partial charge is 0.181 e. The van der Waals surface area contributed by atoms with Crippen molar-refractivity contribution >= 4 is 6.08 Å². The molecule has 2 rings (SSSR count). The standard InChI is InChI=1S/C29H42O2/c1-20(2)12-9-13-21(3)14-10-15-22(4)16-11-17-29(8)27(30)19-26-24(6)18-23(5)25(7)28(26)31-29/h10-12,14,17-19,21-22,30H,9,13,15-16H2,1-8H3/t21-,22-,29?/m1/s1. The zero-order valence-corrected chi connectivity index (χ0v) is 20.9. The lowest BCUT2D eigenvalue weighted by molar-refractivity contribution is 0.119. The van der Waals surface area contributed by atoms with Gasteiger partial charge in [0.25, 0.3) is 0 Å². The highest BCUT2D eigenvalue weighted by molar-refractivity contribution is 5.69. The molecule has 1 aromatic rings. The van der Waals surface area contributed by atoms with Gasteiger partial charge in [0.05, 0.1) is 0 Å². The molecule has 1 unspecified atom stereocenters. The summed E-state index contributed by atoms with van der Waals surface area (Å²) in [6.45, 7) is 17.1. The summed E-state index contributed by atoms with van der Waals surface area (Å²) in [4.78, 5) is 0. The summed E-state index contributed by atoms with van der Waals surface area (Å²) in [7, 11) is 0. The maximum atomic E-state index is 10.7. The molecule has 0 saturated carbocycles. The Bertz CT molecular complexity index is 880. The molecule has 0 aromatic heterocycles. The third-order valence-corrected chi connectivity index (χ3v) is 6.29. The van der Waals surface area contributed by atoms with E-state index in [0.717, 1.165) is 41.7 Å². The first-order valence-corrected chi connectivity index (χ1v) is 11.7. The molecule has 1 heterocycles. The van der Waals surface area contributed by atoms with Crippen LogP contribution in [0.5, 0.6) is 5.75 Å². The van der Waals surface area contributed by atoms with E-state index in [1.807, 2.05) is 19.1 Å². The fraction of sp³-hybridized carbons (Fsp3) is 0.517. The molecule has 1 N–H and O–H groups in total. The number of aryl methyl sites for hydroxylation is 2. The molecule has 31 heavy (non-hydrogen) atoms. The first kappa shape index (κ1) is 25.0. The Morgan fingerprint density at radius 3 is 2.45 bits per heavy atom. The van der Waals surface area contributed by atoms with E-state index < -0.39 is 5.60 Å². The Hall–Kier alpha value is -2.22. The second kappa shape index (κ2) is 10.9. The first-order chi connectivity index (χ1) is 14.5. The normalized spacial score (nSPS) is 20.3. The summed E-state index contributed by atoms with van der Waals surface area (Å²) in [5.74, 6) is 2.32. The molecule has 0 bridgehead atoms. The van der Waals surface area contributed by atoms with Gasteiger partial charge in [-0.15, -0.1) is 0 Å². The highest BCUT2D eigenvalue weighted by Gasteiger charge is 2.34. The van der Waals surface area contributed by atoms with Crippen molar-refractivity contribution in [2.45, 2.75) is 86.7 Å². The summed E-state index contributed by atoms with van der Waals surface area (Å²) in [5.41, 5.74) is 5.06. The molecule has 0 saturated heterocycles. The minimum absolute atomic E-state index is 0.264. The Morgan fingerprint density at radius 2 is 1.77 bits per heavy atom. The summed E-state index contributed by atoms with van der Waals surface area (Å²) in [6, 6.07) is 2.15. The Balaban J connectivity index is 1.94. The van der Waals surface area contributed by atoms with Gasteiger partial charge < -0.3 is 9.84 Å². The van der Waals surface area contributed by atoms with E-state index in [1.54, 1.807) is 0 Å². The molecule has 0 fully saturated rings. The van der Waals surface area contributed by atoms with E-state index in [1.165, 1.54) is 17.6 Å². The van der Waals surface area contributed by atoms with Crippen LogP contribution < -0.4 is 4.74 Å². The molecule has 1 aliphatic rings. The van der Waals surface area contributed by atoms with Crippen LogP contribution in [-0.2, 0) is 0 Å². The van der Waals surface area contributed by atoms with Crippen LogP contribution in [0.4, 0.5) is 0 Å². The number of fused-ring (bicyclic) bond motifs is 1. The van der Waals surface area contributed by atoms with E-state index in [9.17, 15) is 5.11 Å². The van der Waals surface area contributed by atoms with Crippen LogP contribution in [0.2, 0.25) is 0 Å². The van der Waals surface area contributed by atoms with Crippen LogP contribution in [0, 0.1) is 32.6 Å². The Kier molecular flexibility index (Phi) is 8.79. The molecule has 2 nitrogen and oxygen atoms in total. The lowest BCUT2D eigenvalue weighted by Gasteiger charge is -2.33. The molecular formula is C29H42O2. The molecular weight excluding hydrogens is 380 g/mol. The largest absolute Gasteiger partial charge is 0.508 e. The third kappa shape index (κ3) is 6.89. The van der Waals surface area contributed by atoms with Gasteiger partial charge in [0.2, 0.25) is 0 Å². The zero-order chi connectivity index (χ0) is 23.2.